The number of halogens is 1. The van der Waals surface area contributed by atoms with E-state index in [9.17, 15) is 18.0 Å². The molecule has 0 bridgehead atoms. The molecule has 0 unspecified atom stereocenters. The van der Waals surface area contributed by atoms with Crippen molar-refractivity contribution in [2.45, 2.75) is 36.2 Å². The molecule has 1 saturated heterocycles. The van der Waals surface area contributed by atoms with Gasteiger partial charge in [0, 0.05) is 47.9 Å². The molecule has 1 amide bonds. The number of nitrogens with zero attached hydrogens (tertiary/aromatic N) is 1. The third-order valence-corrected chi connectivity index (χ3v) is 7.40. The SMILES string of the molecule is CS(=O)(=O)c1cccc(C(=O)NC[C@@H]2CCCN2C[C@H](C=O)[C@H](N)Cc2cccc(Cl)c2)c1. The minimum atomic E-state index is -3.39. The lowest BCUT2D eigenvalue weighted by Crippen LogP contribution is -2.46. The third kappa shape index (κ3) is 7.11. The number of aldehydes is 1. The van der Waals surface area contributed by atoms with E-state index in [1.54, 1.807) is 18.2 Å². The molecule has 178 valence electrons. The van der Waals surface area contributed by atoms with Crippen molar-refractivity contribution >= 4 is 33.6 Å². The Morgan fingerprint density at radius 2 is 2.03 bits per heavy atom. The molecule has 0 spiro atoms. The Morgan fingerprint density at radius 1 is 1.27 bits per heavy atom. The average molecular weight is 492 g/mol. The molecule has 0 radical (unpaired) electrons. The maximum Gasteiger partial charge on any atom is 0.251 e. The van der Waals surface area contributed by atoms with Crippen molar-refractivity contribution < 1.29 is 18.0 Å². The van der Waals surface area contributed by atoms with Crippen LogP contribution in [0.25, 0.3) is 0 Å². The highest BCUT2D eigenvalue weighted by Crippen LogP contribution is 2.21. The van der Waals surface area contributed by atoms with Crippen LogP contribution in [-0.2, 0) is 21.1 Å². The van der Waals surface area contributed by atoms with Crippen LogP contribution in [0.2, 0.25) is 5.02 Å². The summed E-state index contributed by atoms with van der Waals surface area (Å²) in [6, 6.07) is 13.2. The molecule has 3 atom stereocenters. The van der Waals surface area contributed by atoms with Gasteiger partial charge in [0.2, 0.25) is 0 Å². The number of sulfone groups is 1. The molecule has 9 heteroatoms. The lowest BCUT2D eigenvalue weighted by atomic mass is 9.94. The van der Waals surface area contributed by atoms with Crippen LogP contribution in [0.5, 0.6) is 0 Å². The predicted molar refractivity (Wildman–Crippen MR) is 129 cm³/mol. The number of hydrogen-bond donors (Lipinski definition) is 2. The van der Waals surface area contributed by atoms with Gasteiger partial charge in [-0.1, -0.05) is 29.8 Å². The maximum atomic E-state index is 12.6. The summed E-state index contributed by atoms with van der Waals surface area (Å²) in [7, 11) is -3.39. The Bertz CT molecular complexity index is 1090. The molecule has 1 fully saturated rings. The normalized spacial score (nSPS) is 18.6. The fraction of sp³-hybridized carbons (Fsp3) is 0.417. The number of amides is 1. The first-order valence-corrected chi connectivity index (χ1v) is 13.2. The lowest BCUT2D eigenvalue weighted by molar-refractivity contribution is -0.112. The summed E-state index contributed by atoms with van der Waals surface area (Å²) in [4.78, 5) is 26.7. The van der Waals surface area contributed by atoms with Gasteiger partial charge in [-0.05, 0) is 61.7 Å². The summed E-state index contributed by atoms with van der Waals surface area (Å²) in [6.45, 7) is 1.77. The first-order valence-electron chi connectivity index (χ1n) is 10.9. The van der Waals surface area contributed by atoms with E-state index < -0.39 is 9.84 Å². The highest BCUT2D eigenvalue weighted by Gasteiger charge is 2.29. The smallest absolute Gasteiger partial charge is 0.251 e. The number of carbonyl (C=O) groups is 2. The number of benzene rings is 2. The van der Waals surface area contributed by atoms with Gasteiger partial charge in [-0.25, -0.2) is 8.42 Å². The van der Waals surface area contributed by atoms with Crippen LogP contribution in [0.15, 0.2) is 53.4 Å². The highest BCUT2D eigenvalue weighted by atomic mass is 35.5. The van der Waals surface area contributed by atoms with E-state index in [-0.39, 0.29) is 28.8 Å². The van der Waals surface area contributed by atoms with Crippen LogP contribution in [0.1, 0.15) is 28.8 Å². The molecule has 0 saturated carbocycles. The van der Waals surface area contributed by atoms with Crippen LogP contribution >= 0.6 is 11.6 Å². The van der Waals surface area contributed by atoms with Gasteiger partial charge in [-0.3, -0.25) is 9.69 Å². The second-order valence-electron chi connectivity index (χ2n) is 8.60. The number of nitrogens with one attached hydrogen (secondary N) is 1. The molecule has 1 heterocycles. The van der Waals surface area contributed by atoms with E-state index in [1.165, 1.54) is 12.1 Å². The number of nitrogens with two attached hydrogens (primary N) is 1. The minimum absolute atomic E-state index is 0.0906. The summed E-state index contributed by atoms with van der Waals surface area (Å²) in [5.74, 6) is -0.663. The molecule has 1 aliphatic rings. The number of rotatable bonds is 10. The molecule has 7 nitrogen and oxygen atoms in total. The fourth-order valence-electron chi connectivity index (χ4n) is 4.18. The van der Waals surface area contributed by atoms with Crippen LogP contribution in [0, 0.1) is 5.92 Å². The first-order chi connectivity index (χ1) is 15.7. The van der Waals surface area contributed by atoms with Gasteiger partial charge in [0.25, 0.3) is 5.91 Å². The number of likely N-dealkylation sites (tertiary alicyclic amines) is 1. The van der Waals surface area contributed by atoms with Gasteiger partial charge in [0.15, 0.2) is 9.84 Å². The Morgan fingerprint density at radius 3 is 2.73 bits per heavy atom. The van der Waals surface area contributed by atoms with Crippen LogP contribution in [-0.4, -0.2) is 63.5 Å². The predicted octanol–water partition coefficient (Wildman–Crippen LogP) is 2.32. The fourth-order valence-corrected chi connectivity index (χ4v) is 5.06. The van der Waals surface area contributed by atoms with Crippen LogP contribution < -0.4 is 11.1 Å². The summed E-state index contributed by atoms with van der Waals surface area (Å²) in [6.07, 6.45) is 4.45. The van der Waals surface area contributed by atoms with Gasteiger partial charge < -0.3 is 15.8 Å². The molecule has 0 aromatic heterocycles. The molecular weight excluding hydrogens is 462 g/mol. The summed E-state index contributed by atoms with van der Waals surface area (Å²) in [5, 5.41) is 3.55. The van der Waals surface area contributed by atoms with Gasteiger partial charge in [0.05, 0.1) is 4.90 Å². The van der Waals surface area contributed by atoms with Crippen molar-refractivity contribution in [1.82, 2.24) is 10.2 Å². The molecule has 1 aliphatic heterocycles. The van der Waals surface area contributed by atoms with E-state index in [0.29, 0.717) is 30.1 Å². The number of hydrogen-bond acceptors (Lipinski definition) is 6. The third-order valence-electron chi connectivity index (χ3n) is 6.05. The summed E-state index contributed by atoms with van der Waals surface area (Å²) in [5.41, 5.74) is 7.65. The van der Waals surface area contributed by atoms with Crippen LogP contribution in [0.4, 0.5) is 0 Å². The maximum absolute atomic E-state index is 12.6. The molecule has 2 aromatic carbocycles. The molecule has 3 rings (SSSR count). The molecule has 33 heavy (non-hydrogen) atoms. The van der Waals surface area contributed by atoms with Crippen molar-refractivity contribution in [2.75, 3.05) is 25.9 Å². The molecule has 3 N–H and O–H groups in total. The topological polar surface area (TPSA) is 110 Å². The average Bonchev–Trinajstić information content (AvgIpc) is 3.22. The monoisotopic (exact) mass is 491 g/mol. The second-order valence-corrected chi connectivity index (χ2v) is 11.1. The first kappa shape index (κ1) is 25.4. The van der Waals surface area contributed by atoms with Crippen molar-refractivity contribution in [2.24, 2.45) is 11.7 Å². The Labute approximate surface area is 200 Å². The van der Waals surface area contributed by atoms with Crippen molar-refractivity contribution in [3.63, 3.8) is 0 Å². The number of carbonyl (C=O) groups excluding carboxylic acids is 2. The summed E-state index contributed by atoms with van der Waals surface area (Å²) < 4.78 is 23.5. The van der Waals surface area contributed by atoms with E-state index in [4.69, 9.17) is 17.3 Å². The van der Waals surface area contributed by atoms with Gasteiger partial charge in [-0.2, -0.15) is 0 Å². The highest BCUT2D eigenvalue weighted by molar-refractivity contribution is 7.90. The zero-order valence-corrected chi connectivity index (χ0v) is 20.2. The lowest BCUT2D eigenvalue weighted by Gasteiger charge is -2.29. The Kier molecular flexibility index (Phi) is 8.64. The second kappa shape index (κ2) is 11.2. The minimum Gasteiger partial charge on any atom is -0.350 e. The zero-order chi connectivity index (χ0) is 24.0. The zero-order valence-electron chi connectivity index (χ0n) is 18.6. The van der Waals surface area contributed by atoms with E-state index in [1.807, 2.05) is 18.2 Å². The van der Waals surface area contributed by atoms with Crippen LogP contribution in [0.3, 0.4) is 0 Å². The van der Waals surface area contributed by atoms with E-state index in [2.05, 4.69) is 10.2 Å². The van der Waals surface area contributed by atoms with Crippen molar-refractivity contribution in [1.29, 1.82) is 0 Å². The Balaban J connectivity index is 1.57. The quantitative estimate of drug-likeness (QED) is 0.493. The summed E-state index contributed by atoms with van der Waals surface area (Å²) >= 11 is 6.05. The van der Waals surface area contributed by atoms with E-state index in [0.717, 1.165) is 37.5 Å². The molecule has 2 aromatic rings. The Hall–Kier alpha value is -2.26. The van der Waals surface area contributed by atoms with E-state index >= 15 is 0 Å². The van der Waals surface area contributed by atoms with Gasteiger partial charge in [0.1, 0.15) is 6.29 Å². The standard InChI is InChI=1S/C24H30ClN3O4S/c1-33(31,32)22-9-3-6-18(13-22)24(30)27-14-21-8-4-10-28(21)15-19(16-29)23(26)12-17-5-2-7-20(25)11-17/h2-3,5-7,9,11,13,16,19,21,23H,4,8,10,12,14-15,26H2,1H3,(H,27,30)/t19-,21+,23-/m1/s1. The molecule has 0 aliphatic carbocycles. The van der Waals surface area contributed by atoms with Crippen molar-refractivity contribution in [3.8, 4) is 0 Å². The van der Waals surface area contributed by atoms with Gasteiger partial charge >= 0.3 is 0 Å². The van der Waals surface area contributed by atoms with Crippen molar-refractivity contribution in [3.05, 3.63) is 64.7 Å². The largest absolute Gasteiger partial charge is 0.350 e. The molecular formula is C24H30ClN3O4S. The van der Waals surface area contributed by atoms with Gasteiger partial charge in [-0.15, -0.1) is 0 Å².